The molecule has 0 aliphatic carbocycles. The van der Waals surface area contributed by atoms with Crippen molar-refractivity contribution in [3.63, 3.8) is 0 Å². The Kier molecular flexibility index (Phi) is 5.32. The average molecular weight is 415 g/mol. The molecule has 5 N–H and O–H groups in total. The van der Waals surface area contributed by atoms with Gasteiger partial charge in [-0.3, -0.25) is 9.59 Å². The molecule has 1 aliphatic rings. The first-order chi connectivity index (χ1) is 14.9. The van der Waals surface area contributed by atoms with E-state index in [1.807, 2.05) is 24.3 Å². The van der Waals surface area contributed by atoms with Gasteiger partial charge < -0.3 is 26.2 Å². The summed E-state index contributed by atoms with van der Waals surface area (Å²) < 4.78 is 5.04. The van der Waals surface area contributed by atoms with Crippen LogP contribution in [0.4, 0.5) is 11.4 Å². The number of methoxy groups -OCH3 is 1. The second-order valence-corrected chi connectivity index (χ2v) is 7.16. The van der Waals surface area contributed by atoms with Crippen LogP contribution in [-0.4, -0.2) is 24.0 Å². The Morgan fingerprint density at radius 3 is 2.68 bits per heavy atom. The Morgan fingerprint density at radius 1 is 1.13 bits per heavy atom. The number of amides is 2. The van der Waals surface area contributed by atoms with Crippen LogP contribution in [0.25, 0.3) is 5.57 Å². The minimum atomic E-state index is -0.466. The number of hydrogen-bond acceptors (Lipinski definition) is 5. The molecule has 0 radical (unpaired) electrons. The lowest BCUT2D eigenvalue weighted by Gasteiger charge is -2.08. The number of phenolic OH excluding ortho intramolecular Hbond substituents is 1. The lowest BCUT2D eigenvalue weighted by molar-refractivity contribution is -0.110. The largest absolute Gasteiger partial charge is 0.504 e. The van der Waals surface area contributed by atoms with Crippen molar-refractivity contribution in [2.75, 3.05) is 17.7 Å². The molecule has 0 saturated heterocycles. The highest BCUT2D eigenvalue weighted by Gasteiger charge is 2.24. The first-order valence-corrected chi connectivity index (χ1v) is 9.61. The van der Waals surface area contributed by atoms with E-state index in [0.29, 0.717) is 29.0 Å². The molecule has 4 rings (SSSR count). The standard InChI is InChI=1S/C24H21N3O4/c1-31-22-8-6-17(12-21(22)28)26-13-19-18-11-15(5-7-20(18)27-24(19)30)9-14-3-2-4-16(10-14)23(25)29/h2-8,10-13,26,28H,9H2,1H3,(H2,25,29)(H,27,30). The minimum Gasteiger partial charge on any atom is -0.504 e. The van der Waals surface area contributed by atoms with E-state index in [4.69, 9.17) is 10.5 Å². The maximum Gasteiger partial charge on any atom is 0.257 e. The van der Waals surface area contributed by atoms with Crippen LogP contribution >= 0.6 is 0 Å². The fourth-order valence-corrected chi connectivity index (χ4v) is 3.49. The zero-order valence-corrected chi connectivity index (χ0v) is 16.8. The fraction of sp³-hybridized carbons (Fsp3) is 0.0833. The molecule has 31 heavy (non-hydrogen) atoms. The van der Waals surface area contributed by atoms with Gasteiger partial charge in [0.2, 0.25) is 5.91 Å². The molecule has 0 atom stereocenters. The molecule has 7 nitrogen and oxygen atoms in total. The monoisotopic (exact) mass is 415 g/mol. The number of fused-ring (bicyclic) bond motifs is 1. The topological polar surface area (TPSA) is 114 Å². The Balaban J connectivity index is 1.59. The van der Waals surface area contributed by atoms with Crippen molar-refractivity contribution in [3.8, 4) is 11.5 Å². The van der Waals surface area contributed by atoms with Gasteiger partial charge in [-0.15, -0.1) is 0 Å². The quantitative estimate of drug-likeness (QED) is 0.460. The van der Waals surface area contributed by atoms with Gasteiger partial charge in [0.1, 0.15) is 0 Å². The maximum absolute atomic E-state index is 12.5. The van der Waals surface area contributed by atoms with Crippen LogP contribution in [0.1, 0.15) is 27.0 Å². The summed E-state index contributed by atoms with van der Waals surface area (Å²) in [5.74, 6) is -0.311. The van der Waals surface area contributed by atoms with Crippen LogP contribution in [0.2, 0.25) is 0 Å². The summed E-state index contributed by atoms with van der Waals surface area (Å²) >= 11 is 0. The Bertz CT molecular complexity index is 1220. The van der Waals surface area contributed by atoms with Crippen molar-refractivity contribution in [2.45, 2.75) is 6.42 Å². The van der Waals surface area contributed by atoms with Gasteiger partial charge in [0.25, 0.3) is 5.91 Å². The van der Waals surface area contributed by atoms with Crippen LogP contribution in [0.3, 0.4) is 0 Å². The van der Waals surface area contributed by atoms with Gasteiger partial charge in [-0.05, 0) is 53.9 Å². The van der Waals surface area contributed by atoms with E-state index >= 15 is 0 Å². The Morgan fingerprint density at radius 2 is 1.94 bits per heavy atom. The van der Waals surface area contributed by atoms with E-state index in [0.717, 1.165) is 22.4 Å². The van der Waals surface area contributed by atoms with Crippen LogP contribution < -0.4 is 21.1 Å². The van der Waals surface area contributed by atoms with Gasteiger partial charge in [0.15, 0.2) is 11.5 Å². The van der Waals surface area contributed by atoms with Crippen molar-refractivity contribution in [3.05, 3.63) is 89.1 Å². The van der Waals surface area contributed by atoms with Gasteiger partial charge in [-0.1, -0.05) is 18.2 Å². The maximum atomic E-state index is 12.5. The number of anilines is 2. The number of carbonyl (C=O) groups excluding carboxylic acids is 2. The lowest BCUT2D eigenvalue weighted by Crippen LogP contribution is -2.11. The van der Waals surface area contributed by atoms with E-state index in [-0.39, 0.29) is 11.7 Å². The van der Waals surface area contributed by atoms with Crippen molar-refractivity contribution in [1.82, 2.24) is 0 Å². The molecular formula is C24H21N3O4. The Hall–Kier alpha value is -4.26. The van der Waals surface area contributed by atoms with Crippen molar-refractivity contribution >= 4 is 28.8 Å². The first-order valence-electron chi connectivity index (χ1n) is 9.61. The number of aromatic hydroxyl groups is 1. The third-order valence-electron chi connectivity index (χ3n) is 5.05. The second kappa shape index (κ2) is 8.23. The number of hydrogen-bond donors (Lipinski definition) is 4. The summed E-state index contributed by atoms with van der Waals surface area (Å²) in [4.78, 5) is 23.9. The average Bonchev–Trinajstić information content (AvgIpc) is 3.07. The summed E-state index contributed by atoms with van der Waals surface area (Å²) in [5, 5.41) is 15.8. The predicted octanol–water partition coefficient (Wildman–Crippen LogP) is 3.50. The summed E-state index contributed by atoms with van der Waals surface area (Å²) in [6.45, 7) is 0. The molecule has 0 unspecified atom stereocenters. The number of carbonyl (C=O) groups is 2. The lowest BCUT2D eigenvalue weighted by atomic mass is 9.99. The molecule has 3 aromatic rings. The minimum absolute atomic E-state index is 0.00245. The zero-order valence-electron chi connectivity index (χ0n) is 16.8. The normalized spacial score (nSPS) is 13.6. The third-order valence-corrected chi connectivity index (χ3v) is 5.05. The Labute approximate surface area is 179 Å². The van der Waals surface area contributed by atoms with Gasteiger partial charge in [-0.25, -0.2) is 0 Å². The highest BCUT2D eigenvalue weighted by molar-refractivity contribution is 6.31. The molecule has 0 aromatic heterocycles. The number of nitrogens with two attached hydrogens (primary N) is 1. The highest BCUT2D eigenvalue weighted by atomic mass is 16.5. The van der Waals surface area contributed by atoms with Crippen LogP contribution in [-0.2, 0) is 11.2 Å². The van der Waals surface area contributed by atoms with Gasteiger partial charge in [0.05, 0.1) is 12.7 Å². The van der Waals surface area contributed by atoms with Crippen molar-refractivity contribution < 1.29 is 19.4 Å². The molecule has 156 valence electrons. The summed E-state index contributed by atoms with van der Waals surface area (Å²) in [6.07, 6.45) is 2.20. The van der Waals surface area contributed by atoms with Gasteiger partial charge in [-0.2, -0.15) is 0 Å². The smallest absolute Gasteiger partial charge is 0.257 e. The predicted molar refractivity (Wildman–Crippen MR) is 119 cm³/mol. The molecular weight excluding hydrogens is 394 g/mol. The number of primary amides is 1. The molecule has 3 aromatic carbocycles. The van der Waals surface area contributed by atoms with Crippen LogP contribution in [0.5, 0.6) is 11.5 Å². The molecule has 0 bridgehead atoms. The SMILES string of the molecule is COc1ccc(NC=C2C(=O)Nc3ccc(Cc4cccc(C(N)=O)c4)cc32)cc1O. The highest BCUT2D eigenvalue weighted by Crippen LogP contribution is 2.34. The van der Waals surface area contributed by atoms with E-state index in [1.165, 1.54) is 13.2 Å². The van der Waals surface area contributed by atoms with E-state index in [2.05, 4.69) is 10.6 Å². The number of ether oxygens (including phenoxy) is 1. The van der Waals surface area contributed by atoms with Crippen molar-refractivity contribution in [1.29, 1.82) is 0 Å². The first kappa shape index (κ1) is 20.0. The third kappa shape index (κ3) is 4.20. The second-order valence-electron chi connectivity index (χ2n) is 7.16. The summed E-state index contributed by atoms with van der Waals surface area (Å²) in [5.41, 5.74) is 10.4. The van der Waals surface area contributed by atoms with E-state index in [1.54, 1.807) is 36.5 Å². The number of phenols is 1. The molecule has 0 saturated carbocycles. The van der Waals surface area contributed by atoms with Crippen LogP contribution in [0.15, 0.2) is 66.9 Å². The van der Waals surface area contributed by atoms with Gasteiger partial charge >= 0.3 is 0 Å². The van der Waals surface area contributed by atoms with E-state index in [9.17, 15) is 14.7 Å². The molecule has 1 heterocycles. The molecule has 2 amide bonds. The molecule has 1 aliphatic heterocycles. The van der Waals surface area contributed by atoms with Gasteiger partial charge in [0, 0.05) is 34.8 Å². The van der Waals surface area contributed by atoms with Crippen molar-refractivity contribution in [2.24, 2.45) is 5.73 Å². The molecule has 0 spiro atoms. The fourth-order valence-electron chi connectivity index (χ4n) is 3.49. The summed E-state index contributed by atoms with van der Waals surface area (Å²) in [6, 6.07) is 17.8. The molecule has 0 fully saturated rings. The van der Waals surface area contributed by atoms with Crippen LogP contribution in [0, 0.1) is 0 Å². The zero-order chi connectivity index (χ0) is 22.0. The number of benzene rings is 3. The number of rotatable bonds is 6. The summed E-state index contributed by atoms with van der Waals surface area (Å²) in [7, 11) is 1.48. The molecule has 7 heteroatoms. The number of nitrogens with one attached hydrogen (secondary N) is 2. The van der Waals surface area contributed by atoms with E-state index < -0.39 is 5.91 Å².